The minimum atomic E-state index is -1.10. The molecule has 2 N–H and O–H groups in total. The Morgan fingerprint density at radius 1 is 0.727 bits per heavy atom. The first-order chi connectivity index (χ1) is 15.5. The van der Waals surface area contributed by atoms with Gasteiger partial charge in [-0.25, -0.2) is 0 Å². The van der Waals surface area contributed by atoms with Crippen LogP contribution in [0.5, 0.6) is 0 Å². The number of halogens is 2. The maximum Gasteiger partial charge on any atom is 0.314 e. The van der Waals surface area contributed by atoms with E-state index in [9.17, 15) is 29.4 Å². The normalized spacial score (nSPS) is 12.6. The van der Waals surface area contributed by atoms with E-state index >= 15 is 0 Å². The number of rotatable bonds is 10. The van der Waals surface area contributed by atoms with Gasteiger partial charge in [0.15, 0.2) is 0 Å². The van der Waals surface area contributed by atoms with E-state index in [4.69, 9.17) is 27.9 Å². The molecule has 0 fully saturated rings. The van der Waals surface area contributed by atoms with Gasteiger partial charge in [-0.2, -0.15) is 0 Å². The third-order valence-corrected chi connectivity index (χ3v) is 5.71. The molecule has 0 spiro atoms. The summed E-state index contributed by atoms with van der Waals surface area (Å²) in [6.07, 6.45) is -1.33. The Labute approximate surface area is 201 Å². The van der Waals surface area contributed by atoms with E-state index in [0.717, 1.165) is 0 Å². The number of carboxylic acid groups (broad SMARTS) is 2. The molecule has 0 aliphatic heterocycles. The maximum absolute atomic E-state index is 12.5. The zero-order valence-corrected chi connectivity index (χ0v) is 19.7. The highest BCUT2D eigenvalue weighted by atomic mass is 35.5. The van der Waals surface area contributed by atoms with Crippen LogP contribution in [0, 0.1) is 13.8 Å². The van der Waals surface area contributed by atoms with E-state index in [1.165, 1.54) is 0 Å². The quantitative estimate of drug-likeness (QED) is 0.340. The van der Waals surface area contributed by atoms with E-state index in [2.05, 4.69) is 0 Å². The molecular formula is C24H24Cl2O7. The standard InChI is InChI=1S/C24H24Cl2O7/c1-13-7-17(25)3-5-19(13)15(9-21(27)28)11-23(31)33-24(32)12-16(10-22(29)30)20-6-4-18(26)8-14(20)2/h3-8,15-16H,9-12H2,1-2H3,(H,27,28)(H,29,30). The Bertz CT molecular complexity index is 981. The summed E-state index contributed by atoms with van der Waals surface area (Å²) in [5, 5.41) is 19.5. The first kappa shape index (κ1) is 26.4. The highest BCUT2D eigenvalue weighted by molar-refractivity contribution is 6.30. The van der Waals surface area contributed by atoms with E-state index in [-0.39, 0.29) is 25.7 Å². The van der Waals surface area contributed by atoms with Crippen molar-refractivity contribution < 1.29 is 34.1 Å². The molecule has 0 amide bonds. The lowest BCUT2D eigenvalue weighted by atomic mass is 9.89. The lowest BCUT2D eigenvalue weighted by molar-refractivity contribution is -0.160. The molecule has 9 heteroatoms. The Morgan fingerprint density at radius 3 is 1.39 bits per heavy atom. The van der Waals surface area contributed by atoms with Gasteiger partial charge in [-0.05, 0) is 60.4 Å². The van der Waals surface area contributed by atoms with Crippen molar-refractivity contribution in [2.75, 3.05) is 0 Å². The molecule has 0 aliphatic rings. The number of esters is 2. The van der Waals surface area contributed by atoms with Crippen molar-refractivity contribution in [1.82, 2.24) is 0 Å². The predicted octanol–water partition coefficient (Wildman–Crippen LogP) is 5.28. The molecule has 33 heavy (non-hydrogen) atoms. The van der Waals surface area contributed by atoms with Crippen LogP contribution in [-0.2, 0) is 23.9 Å². The second-order valence-corrected chi connectivity index (χ2v) is 8.72. The Kier molecular flexibility index (Phi) is 9.44. The summed E-state index contributed by atoms with van der Waals surface area (Å²) in [7, 11) is 0. The van der Waals surface area contributed by atoms with Crippen molar-refractivity contribution >= 4 is 47.1 Å². The van der Waals surface area contributed by atoms with E-state index in [1.54, 1.807) is 50.2 Å². The summed E-state index contributed by atoms with van der Waals surface area (Å²) in [6.45, 7) is 3.50. The highest BCUT2D eigenvalue weighted by Crippen LogP contribution is 2.31. The fourth-order valence-electron chi connectivity index (χ4n) is 3.81. The Morgan fingerprint density at radius 2 is 1.09 bits per heavy atom. The monoisotopic (exact) mass is 494 g/mol. The van der Waals surface area contributed by atoms with Crippen LogP contribution in [0.3, 0.4) is 0 Å². The number of hydrogen-bond donors (Lipinski definition) is 2. The smallest absolute Gasteiger partial charge is 0.314 e. The Balaban J connectivity index is 2.13. The predicted molar refractivity (Wildman–Crippen MR) is 123 cm³/mol. The summed E-state index contributed by atoms with van der Waals surface area (Å²) < 4.78 is 4.93. The van der Waals surface area contributed by atoms with Gasteiger partial charge in [0.1, 0.15) is 0 Å². The topological polar surface area (TPSA) is 118 Å². The van der Waals surface area contributed by atoms with Crippen LogP contribution < -0.4 is 0 Å². The summed E-state index contributed by atoms with van der Waals surface area (Å²) in [5.74, 6) is -5.41. The highest BCUT2D eigenvalue weighted by Gasteiger charge is 2.26. The lowest BCUT2D eigenvalue weighted by Gasteiger charge is -2.19. The zero-order chi connectivity index (χ0) is 24.7. The van der Waals surface area contributed by atoms with Crippen LogP contribution in [-0.4, -0.2) is 34.1 Å². The van der Waals surface area contributed by atoms with Gasteiger partial charge in [-0.15, -0.1) is 0 Å². The SMILES string of the molecule is Cc1cc(Cl)ccc1C(CC(=O)O)CC(=O)OC(=O)CC(CC(=O)O)c1ccc(Cl)cc1C. The Hall–Kier alpha value is -2.90. The van der Waals surface area contributed by atoms with Crippen molar-refractivity contribution in [3.05, 3.63) is 68.7 Å². The third-order valence-electron chi connectivity index (χ3n) is 5.24. The number of ether oxygens (including phenoxy) is 1. The molecule has 0 aliphatic carbocycles. The van der Waals surface area contributed by atoms with Crippen LogP contribution in [0.4, 0.5) is 0 Å². The van der Waals surface area contributed by atoms with Gasteiger partial charge in [0.25, 0.3) is 0 Å². The van der Waals surface area contributed by atoms with Crippen molar-refractivity contribution in [3.8, 4) is 0 Å². The molecule has 0 aromatic heterocycles. The van der Waals surface area contributed by atoms with E-state index in [1.807, 2.05) is 0 Å². The average Bonchev–Trinajstić information content (AvgIpc) is 2.66. The second kappa shape index (κ2) is 11.8. The molecular weight excluding hydrogens is 471 g/mol. The van der Waals surface area contributed by atoms with Gasteiger partial charge in [0.2, 0.25) is 0 Å². The summed E-state index contributed by atoms with van der Waals surface area (Å²) in [4.78, 5) is 47.5. The summed E-state index contributed by atoms with van der Waals surface area (Å²) >= 11 is 11.9. The molecule has 176 valence electrons. The van der Waals surface area contributed by atoms with E-state index < -0.39 is 35.7 Å². The molecule has 2 aromatic rings. The molecule has 0 saturated heterocycles. The van der Waals surface area contributed by atoms with Crippen molar-refractivity contribution in [3.63, 3.8) is 0 Å². The number of carboxylic acids is 2. The number of aryl methyl sites for hydroxylation is 2. The largest absolute Gasteiger partial charge is 0.481 e. The summed E-state index contributed by atoms with van der Waals surface area (Å²) in [6, 6.07) is 9.81. The van der Waals surface area contributed by atoms with Crippen LogP contribution in [0.1, 0.15) is 59.8 Å². The number of carbonyl (C=O) groups is 4. The minimum absolute atomic E-state index is 0.329. The lowest BCUT2D eigenvalue weighted by Crippen LogP contribution is -2.20. The van der Waals surface area contributed by atoms with Crippen LogP contribution in [0.15, 0.2) is 36.4 Å². The maximum atomic E-state index is 12.5. The third kappa shape index (κ3) is 8.18. The average molecular weight is 495 g/mol. The van der Waals surface area contributed by atoms with Crippen molar-refractivity contribution in [1.29, 1.82) is 0 Å². The van der Waals surface area contributed by atoms with Crippen molar-refractivity contribution in [2.24, 2.45) is 0 Å². The van der Waals surface area contributed by atoms with Crippen LogP contribution in [0.25, 0.3) is 0 Å². The summed E-state index contributed by atoms with van der Waals surface area (Å²) in [5.41, 5.74) is 2.67. The zero-order valence-electron chi connectivity index (χ0n) is 18.1. The first-order valence-corrected chi connectivity index (χ1v) is 10.9. The fraction of sp³-hybridized carbons (Fsp3) is 0.333. The van der Waals surface area contributed by atoms with Crippen molar-refractivity contribution in [2.45, 2.75) is 51.4 Å². The van der Waals surface area contributed by atoms with Gasteiger partial charge >= 0.3 is 23.9 Å². The fourth-order valence-corrected chi connectivity index (χ4v) is 4.27. The second-order valence-electron chi connectivity index (χ2n) is 7.85. The molecule has 0 heterocycles. The van der Waals surface area contributed by atoms with Gasteiger partial charge < -0.3 is 14.9 Å². The number of benzene rings is 2. The number of carbonyl (C=O) groups excluding carboxylic acids is 2. The van der Waals surface area contributed by atoms with Gasteiger partial charge in [0.05, 0.1) is 25.7 Å². The molecule has 2 rings (SSSR count). The van der Waals surface area contributed by atoms with Gasteiger partial charge in [-0.1, -0.05) is 35.3 Å². The molecule has 7 nitrogen and oxygen atoms in total. The first-order valence-electron chi connectivity index (χ1n) is 10.2. The molecule has 0 radical (unpaired) electrons. The molecule has 0 bridgehead atoms. The van der Waals surface area contributed by atoms with Crippen LogP contribution in [0.2, 0.25) is 10.0 Å². The molecule has 2 unspecified atom stereocenters. The molecule has 0 saturated carbocycles. The molecule has 2 atom stereocenters. The molecule has 2 aromatic carbocycles. The number of aliphatic carboxylic acids is 2. The number of hydrogen-bond acceptors (Lipinski definition) is 5. The van der Waals surface area contributed by atoms with Gasteiger partial charge in [-0.3, -0.25) is 19.2 Å². The minimum Gasteiger partial charge on any atom is -0.481 e. The van der Waals surface area contributed by atoms with Crippen LogP contribution >= 0.6 is 23.2 Å². The van der Waals surface area contributed by atoms with Gasteiger partial charge in [0, 0.05) is 21.9 Å². The van der Waals surface area contributed by atoms with E-state index in [0.29, 0.717) is 32.3 Å².